The summed E-state index contributed by atoms with van der Waals surface area (Å²) in [6, 6.07) is 1.52. The summed E-state index contributed by atoms with van der Waals surface area (Å²) >= 11 is 5.26. The van der Waals surface area contributed by atoms with Gasteiger partial charge in [-0.05, 0) is 19.1 Å². The molecule has 1 aromatic rings. The first kappa shape index (κ1) is 18.5. The second kappa shape index (κ2) is 7.11. The van der Waals surface area contributed by atoms with Crippen molar-refractivity contribution in [1.82, 2.24) is 23.6 Å². The van der Waals surface area contributed by atoms with Crippen molar-refractivity contribution in [2.24, 2.45) is 0 Å². The Morgan fingerprint density at radius 2 is 1.67 bits per heavy atom. The Bertz CT molecular complexity index is 559. The van der Waals surface area contributed by atoms with Crippen LogP contribution in [0.1, 0.15) is 6.92 Å². The Hall–Kier alpha value is -0.590. The summed E-state index contributed by atoms with van der Waals surface area (Å²) in [6.07, 6.45) is 1.77. The molecule has 1 atom stereocenters. The molecule has 8 heteroatoms. The topological polar surface area (TPSA) is 47.5 Å². The standard InChI is InChI=1S/C13H26N5OPS/c1-11(10-18-9-8-12(19)14-13(18)21)20(15(2)3,16(4)5)17(6)7/h8-9,11H,10H2,1-7H3/p+1. The van der Waals surface area contributed by atoms with E-state index in [1.54, 1.807) is 6.20 Å². The molecule has 1 N–H and O–H groups in total. The molecule has 0 fully saturated rings. The van der Waals surface area contributed by atoms with Gasteiger partial charge in [0.05, 0.1) is 6.54 Å². The molecule has 6 nitrogen and oxygen atoms in total. The van der Waals surface area contributed by atoms with Crippen LogP contribution in [0.4, 0.5) is 0 Å². The fraction of sp³-hybridized carbons (Fsp3) is 0.692. The molecule has 0 bridgehead atoms. The fourth-order valence-electron chi connectivity index (χ4n) is 3.24. The molecule has 0 aliphatic heterocycles. The number of rotatable bonds is 6. The zero-order chi connectivity index (χ0) is 16.4. The minimum Gasteiger partial charge on any atom is -0.321 e. The lowest BCUT2D eigenvalue weighted by Gasteiger charge is -2.43. The van der Waals surface area contributed by atoms with Crippen LogP contribution in [0.15, 0.2) is 17.1 Å². The van der Waals surface area contributed by atoms with E-state index in [0.29, 0.717) is 10.4 Å². The highest BCUT2D eigenvalue weighted by Crippen LogP contribution is 2.67. The molecule has 1 rings (SSSR count). The van der Waals surface area contributed by atoms with Crippen molar-refractivity contribution >= 4 is 19.9 Å². The minimum atomic E-state index is -1.66. The van der Waals surface area contributed by atoms with Gasteiger partial charge in [0.2, 0.25) is 7.71 Å². The van der Waals surface area contributed by atoms with Gasteiger partial charge in [0.1, 0.15) is 5.66 Å². The van der Waals surface area contributed by atoms with Crippen LogP contribution in [0.2, 0.25) is 0 Å². The summed E-state index contributed by atoms with van der Waals surface area (Å²) in [4.78, 5) is 14.0. The molecule has 0 aromatic carbocycles. The molecule has 0 saturated heterocycles. The predicted octanol–water partition coefficient (Wildman–Crippen LogP) is 1.74. The van der Waals surface area contributed by atoms with Crippen LogP contribution < -0.4 is 5.56 Å². The van der Waals surface area contributed by atoms with E-state index < -0.39 is 7.71 Å². The third kappa shape index (κ3) is 3.60. The first-order valence-electron chi connectivity index (χ1n) is 6.86. The van der Waals surface area contributed by atoms with Gasteiger partial charge in [0.15, 0.2) is 4.77 Å². The van der Waals surface area contributed by atoms with E-state index in [0.717, 1.165) is 6.54 Å². The number of aromatic amines is 1. The average molecular weight is 332 g/mol. The van der Waals surface area contributed by atoms with Gasteiger partial charge in [-0.15, -0.1) is 0 Å². The fourth-order valence-corrected chi connectivity index (χ4v) is 8.38. The lowest BCUT2D eigenvalue weighted by atomic mass is 10.4. The van der Waals surface area contributed by atoms with E-state index in [-0.39, 0.29) is 5.56 Å². The van der Waals surface area contributed by atoms with Gasteiger partial charge in [-0.25, -0.2) is 0 Å². The number of hydrogen-bond donors (Lipinski definition) is 1. The van der Waals surface area contributed by atoms with Crippen molar-refractivity contribution < 1.29 is 0 Å². The van der Waals surface area contributed by atoms with E-state index in [4.69, 9.17) is 12.2 Å². The van der Waals surface area contributed by atoms with Crippen molar-refractivity contribution in [2.75, 3.05) is 42.3 Å². The van der Waals surface area contributed by atoms with Crippen LogP contribution in [0.3, 0.4) is 0 Å². The van der Waals surface area contributed by atoms with Gasteiger partial charge in [-0.1, -0.05) is 0 Å². The van der Waals surface area contributed by atoms with Crippen molar-refractivity contribution in [1.29, 1.82) is 0 Å². The van der Waals surface area contributed by atoms with Crippen molar-refractivity contribution in [2.45, 2.75) is 19.1 Å². The van der Waals surface area contributed by atoms with E-state index in [2.05, 4.69) is 68.2 Å². The highest BCUT2D eigenvalue weighted by molar-refractivity contribution is 7.71. The second-order valence-electron chi connectivity index (χ2n) is 5.77. The predicted molar refractivity (Wildman–Crippen MR) is 93.3 cm³/mol. The molecule has 0 amide bonds. The number of H-pyrrole nitrogens is 1. The van der Waals surface area contributed by atoms with Gasteiger partial charge in [0.25, 0.3) is 5.56 Å². The Morgan fingerprint density at radius 1 is 1.19 bits per heavy atom. The second-order valence-corrected chi connectivity index (χ2v) is 10.7. The Morgan fingerprint density at radius 3 is 2.05 bits per heavy atom. The number of hydrogen-bond acceptors (Lipinski definition) is 5. The summed E-state index contributed by atoms with van der Waals surface area (Å²) in [5, 5.41) is 0. The van der Waals surface area contributed by atoms with Crippen LogP contribution in [-0.4, -0.2) is 71.5 Å². The molecule has 1 heterocycles. The molecule has 120 valence electrons. The SMILES string of the molecule is CC(Cn1ccc(=O)[nH]c1=S)[P+](N(C)C)(N(C)C)N(C)C. The van der Waals surface area contributed by atoms with Gasteiger partial charge in [0, 0.05) is 54.5 Å². The number of nitrogens with one attached hydrogen (secondary N) is 1. The monoisotopic (exact) mass is 332 g/mol. The Kier molecular flexibility index (Phi) is 6.25. The summed E-state index contributed by atoms with van der Waals surface area (Å²) in [5.74, 6) is 0. The van der Waals surface area contributed by atoms with E-state index >= 15 is 0 Å². The average Bonchev–Trinajstić information content (AvgIpc) is 2.31. The highest BCUT2D eigenvalue weighted by Gasteiger charge is 2.52. The molecule has 0 radical (unpaired) electrons. The van der Waals surface area contributed by atoms with Gasteiger partial charge in [-0.2, -0.15) is 14.0 Å². The summed E-state index contributed by atoms with van der Waals surface area (Å²) in [6.45, 7) is 3.00. The maximum absolute atomic E-state index is 11.3. The van der Waals surface area contributed by atoms with Crippen LogP contribution in [0.25, 0.3) is 0 Å². The maximum atomic E-state index is 11.3. The first-order valence-corrected chi connectivity index (χ1v) is 8.98. The lowest BCUT2D eigenvalue weighted by Crippen LogP contribution is -2.43. The minimum absolute atomic E-state index is 0.155. The van der Waals surface area contributed by atoms with Crippen LogP contribution in [0.5, 0.6) is 0 Å². The van der Waals surface area contributed by atoms with Gasteiger partial charge < -0.3 is 4.57 Å². The van der Waals surface area contributed by atoms with Crippen LogP contribution in [-0.2, 0) is 6.54 Å². The molecule has 0 aliphatic carbocycles. The molecular formula is C13H27N5OPS+. The zero-order valence-corrected chi connectivity index (χ0v) is 15.7. The van der Waals surface area contributed by atoms with Crippen LogP contribution >= 0.6 is 19.9 Å². The Labute approximate surface area is 132 Å². The van der Waals surface area contributed by atoms with Crippen molar-refractivity contribution in [3.8, 4) is 0 Å². The molecule has 21 heavy (non-hydrogen) atoms. The van der Waals surface area contributed by atoms with Gasteiger partial charge in [-0.3, -0.25) is 9.78 Å². The quantitative estimate of drug-likeness (QED) is 0.635. The number of nitrogens with zero attached hydrogens (tertiary/aromatic N) is 4. The van der Waals surface area contributed by atoms with E-state index in [1.807, 2.05) is 4.57 Å². The maximum Gasteiger partial charge on any atom is 0.251 e. The summed E-state index contributed by atoms with van der Waals surface area (Å²) in [7, 11) is 11.1. The molecular weight excluding hydrogens is 305 g/mol. The normalized spacial score (nSPS) is 14.2. The molecule has 0 spiro atoms. The first-order chi connectivity index (χ1) is 9.63. The van der Waals surface area contributed by atoms with E-state index in [9.17, 15) is 4.79 Å². The molecule has 0 saturated carbocycles. The largest absolute Gasteiger partial charge is 0.321 e. The molecule has 1 aromatic heterocycles. The van der Waals surface area contributed by atoms with Crippen molar-refractivity contribution in [3.05, 3.63) is 27.4 Å². The third-order valence-electron chi connectivity index (χ3n) is 3.72. The zero-order valence-electron chi connectivity index (χ0n) is 14.0. The van der Waals surface area contributed by atoms with Gasteiger partial charge >= 0.3 is 0 Å². The molecule has 1 unspecified atom stereocenters. The number of aromatic nitrogens is 2. The Balaban J connectivity index is 3.21. The third-order valence-corrected chi connectivity index (χ3v) is 8.93. The summed E-state index contributed by atoms with van der Waals surface area (Å²) in [5.41, 5.74) is 0.202. The van der Waals surface area contributed by atoms with Crippen LogP contribution in [0, 0.1) is 4.77 Å². The molecule has 0 aliphatic rings. The van der Waals surface area contributed by atoms with Crippen molar-refractivity contribution in [3.63, 3.8) is 0 Å². The van der Waals surface area contributed by atoms with E-state index in [1.165, 1.54) is 6.07 Å². The highest BCUT2D eigenvalue weighted by atomic mass is 32.1. The lowest BCUT2D eigenvalue weighted by molar-refractivity contribution is 0.433. The smallest absolute Gasteiger partial charge is 0.251 e. The summed E-state index contributed by atoms with van der Waals surface area (Å²) < 4.78 is 9.35.